The number of aliphatic imine (C=N–C) groups is 2. The number of ether oxygens (including phenoxy) is 1. The fourth-order valence-electron chi connectivity index (χ4n) is 2.35. The van der Waals surface area contributed by atoms with Crippen LogP contribution >= 0.6 is 11.6 Å². The molecule has 0 saturated carbocycles. The Morgan fingerprint density at radius 3 is 2.90 bits per heavy atom. The van der Waals surface area contributed by atoms with E-state index >= 15 is 0 Å². The van der Waals surface area contributed by atoms with Crippen molar-refractivity contribution < 1.29 is 4.74 Å². The Morgan fingerprint density at radius 1 is 1.48 bits per heavy atom. The number of methoxy groups -OCH3 is 1. The van der Waals surface area contributed by atoms with Gasteiger partial charge in [0.05, 0.1) is 11.3 Å². The van der Waals surface area contributed by atoms with Gasteiger partial charge in [-0.2, -0.15) is 0 Å². The molecule has 2 aliphatic rings. The van der Waals surface area contributed by atoms with Gasteiger partial charge in [0.25, 0.3) is 0 Å². The summed E-state index contributed by atoms with van der Waals surface area (Å²) in [7, 11) is 3.31. The van der Waals surface area contributed by atoms with Crippen molar-refractivity contribution in [2.75, 3.05) is 14.2 Å². The topological polar surface area (TPSA) is 58.0 Å². The highest BCUT2D eigenvalue weighted by Gasteiger charge is 2.30. The molecule has 21 heavy (non-hydrogen) atoms. The van der Waals surface area contributed by atoms with Crippen LogP contribution in [-0.2, 0) is 4.74 Å². The smallest absolute Gasteiger partial charge is 0.140 e. The van der Waals surface area contributed by atoms with Crippen molar-refractivity contribution in [1.29, 1.82) is 0 Å². The third-order valence-electron chi connectivity index (χ3n) is 3.54. The Bertz CT molecular complexity index is 557. The maximum absolute atomic E-state index is 6.17. The molecule has 0 radical (unpaired) electrons. The Kier molecular flexibility index (Phi) is 5.33. The zero-order valence-corrected chi connectivity index (χ0v) is 13.5. The SMILES string of the molecule is CN=C(Cl)C1=C(C)NC(C2=NC=CC(C)=CC2)NC1OC. The minimum Gasteiger partial charge on any atom is -0.368 e. The summed E-state index contributed by atoms with van der Waals surface area (Å²) < 4.78 is 5.51. The van der Waals surface area contributed by atoms with Crippen LogP contribution in [0.3, 0.4) is 0 Å². The highest BCUT2D eigenvalue weighted by atomic mass is 35.5. The largest absolute Gasteiger partial charge is 0.368 e. The summed E-state index contributed by atoms with van der Waals surface area (Å²) in [5.41, 5.74) is 3.99. The van der Waals surface area contributed by atoms with E-state index in [1.165, 1.54) is 5.57 Å². The van der Waals surface area contributed by atoms with E-state index in [-0.39, 0.29) is 12.4 Å². The van der Waals surface area contributed by atoms with Gasteiger partial charge in [0, 0.05) is 32.5 Å². The minimum absolute atomic E-state index is 0.0909. The van der Waals surface area contributed by atoms with E-state index < -0.39 is 0 Å². The Hall–Kier alpha value is -1.43. The summed E-state index contributed by atoms with van der Waals surface area (Å²) in [4.78, 5) is 8.54. The zero-order valence-electron chi connectivity index (χ0n) is 12.8. The highest BCUT2D eigenvalue weighted by Crippen LogP contribution is 2.19. The van der Waals surface area contributed by atoms with Crippen LogP contribution in [0.4, 0.5) is 0 Å². The number of allylic oxidation sites excluding steroid dienone is 4. The molecule has 0 bridgehead atoms. The van der Waals surface area contributed by atoms with E-state index in [0.717, 1.165) is 23.4 Å². The van der Waals surface area contributed by atoms with Gasteiger partial charge in [-0.05, 0) is 19.9 Å². The van der Waals surface area contributed by atoms with Crippen molar-refractivity contribution in [2.24, 2.45) is 9.98 Å². The van der Waals surface area contributed by atoms with Crippen LogP contribution in [0.1, 0.15) is 20.3 Å². The van der Waals surface area contributed by atoms with Gasteiger partial charge in [0.1, 0.15) is 17.6 Å². The van der Waals surface area contributed by atoms with Gasteiger partial charge in [0.15, 0.2) is 0 Å². The lowest BCUT2D eigenvalue weighted by molar-refractivity contribution is 0.0927. The monoisotopic (exact) mass is 308 g/mol. The first kappa shape index (κ1) is 15.9. The standard InChI is InChI=1S/C15H21ClN4O/c1-9-5-6-11(18-8-7-9)14-19-10(2)12(13(16)17-3)15(20-14)21-4/h5,7-8,14-15,19-20H,6H2,1-4H3. The first-order valence-electron chi connectivity index (χ1n) is 6.85. The van der Waals surface area contributed by atoms with Crippen LogP contribution < -0.4 is 10.6 Å². The van der Waals surface area contributed by atoms with Crippen molar-refractivity contribution >= 4 is 22.5 Å². The summed E-state index contributed by atoms with van der Waals surface area (Å²) in [6, 6.07) is 0. The quantitative estimate of drug-likeness (QED) is 0.787. The number of nitrogens with one attached hydrogen (secondary N) is 2. The minimum atomic E-state index is -0.313. The molecule has 0 aromatic heterocycles. The van der Waals surface area contributed by atoms with Crippen LogP contribution in [0, 0.1) is 0 Å². The molecule has 2 unspecified atom stereocenters. The van der Waals surface area contributed by atoms with E-state index in [1.54, 1.807) is 14.2 Å². The van der Waals surface area contributed by atoms with Crippen molar-refractivity contribution in [3.8, 4) is 0 Å². The summed E-state index contributed by atoms with van der Waals surface area (Å²) in [6.45, 7) is 4.03. The fraction of sp³-hybridized carbons (Fsp3) is 0.467. The Labute approximate surface area is 130 Å². The zero-order chi connectivity index (χ0) is 15.4. The molecular weight excluding hydrogens is 288 g/mol. The van der Waals surface area contributed by atoms with Gasteiger partial charge in [-0.25, -0.2) is 0 Å². The summed E-state index contributed by atoms with van der Waals surface area (Å²) in [5.74, 6) is 0. The van der Waals surface area contributed by atoms with Crippen molar-refractivity contribution in [1.82, 2.24) is 10.6 Å². The second-order valence-electron chi connectivity index (χ2n) is 5.00. The Morgan fingerprint density at radius 2 is 2.24 bits per heavy atom. The van der Waals surface area contributed by atoms with Crippen LogP contribution in [0.5, 0.6) is 0 Å². The van der Waals surface area contributed by atoms with Crippen LogP contribution in [0.25, 0.3) is 0 Å². The number of rotatable bonds is 3. The van der Waals surface area contributed by atoms with Gasteiger partial charge in [-0.1, -0.05) is 23.3 Å². The van der Waals surface area contributed by atoms with Crippen molar-refractivity contribution in [2.45, 2.75) is 32.7 Å². The predicted molar refractivity (Wildman–Crippen MR) is 87.7 cm³/mol. The van der Waals surface area contributed by atoms with Crippen LogP contribution in [0.2, 0.25) is 0 Å². The number of hydrogen-bond acceptors (Lipinski definition) is 5. The third kappa shape index (κ3) is 3.61. The molecule has 0 aliphatic carbocycles. The molecule has 6 heteroatoms. The number of halogens is 1. The molecule has 2 rings (SSSR count). The lowest BCUT2D eigenvalue weighted by atomic mass is 10.1. The number of hydrogen-bond donors (Lipinski definition) is 2. The molecule has 5 nitrogen and oxygen atoms in total. The normalized spacial score (nSPS) is 27.0. The molecular formula is C15H21ClN4O. The average Bonchev–Trinajstić information content (AvgIpc) is 2.70. The highest BCUT2D eigenvalue weighted by molar-refractivity contribution is 6.69. The maximum Gasteiger partial charge on any atom is 0.140 e. The number of nitrogens with zero attached hydrogens (tertiary/aromatic N) is 2. The van der Waals surface area contributed by atoms with Crippen LogP contribution in [-0.4, -0.2) is 37.4 Å². The van der Waals surface area contributed by atoms with E-state index in [0.29, 0.717) is 5.17 Å². The molecule has 2 atom stereocenters. The van der Waals surface area contributed by atoms with E-state index in [2.05, 4.69) is 33.6 Å². The molecule has 2 aliphatic heterocycles. The molecule has 0 fully saturated rings. The molecule has 0 spiro atoms. The first-order valence-corrected chi connectivity index (χ1v) is 7.23. The van der Waals surface area contributed by atoms with Gasteiger partial charge in [-0.3, -0.25) is 15.3 Å². The lowest BCUT2D eigenvalue weighted by Crippen LogP contribution is -2.57. The molecule has 2 heterocycles. The predicted octanol–water partition coefficient (Wildman–Crippen LogP) is 2.32. The molecule has 0 aromatic carbocycles. The third-order valence-corrected chi connectivity index (χ3v) is 3.92. The van der Waals surface area contributed by atoms with Gasteiger partial charge < -0.3 is 10.1 Å². The van der Waals surface area contributed by atoms with Crippen molar-refractivity contribution in [3.05, 3.63) is 35.2 Å². The molecule has 114 valence electrons. The Balaban J connectivity index is 2.26. The second kappa shape index (κ2) is 7.02. The molecule has 2 N–H and O–H groups in total. The summed E-state index contributed by atoms with van der Waals surface area (Å²) >= 11 is 6.17. The van der Waals surface area contributed by atoms with E-state index in [4.69, 9.17) is 16.3 Å². The van der Waals surface area contributed by atoms with E-state index in [9.17, 15) is 0 Å². The summed E-state index contributed by atoms with van der Waals surface area (Å²) in [6.07, 6.45) is 6.37. The fourth-order valence-corrected chi connectivity index (χ4v) is 2.59. The van der Waals surface area contributed by atoms with Gasteiger partial charge in [0.2, 0.25) is 0 Å². The lowest BCUT2D eigenvalue weighted by Gasteiger charge is -2.34. The van der Waals surface area contributed by atoms with Crippen molar-refractivity contribution in [3.63, 3.8) is 0 Å². The maximum atomic E-state index is 6.17. The summed E-state index contributed by atoms with van der Waals surface area (Å²) in [5, 5.41) is 7.19. The first-order chi connectivity index (χ1) is 10.1. The van der Waals surface area contributed by atoms with Gasteiger partial charge >= 0.3 is 0 Å². The molecule has 0 aromatic rings. The van der Waals surface area contributed by atoms with Crippen LogP contribution in [0.15, 0.2) is 45.2 Å². The molecule has 0 saturated heterocycles. The average molecular weight is 309 g/mol. The van der Waals surface area contributed by atoms with E-state index in [1.807, 2.05) is 19.2 Å². The van der Waals surface area contributed by atoms with Gasteiger partial charge in [-0.15, -0.1) is 0 Å². The second-order valence-corrected chi connectivity index (χ2v) is 5.36. The molecule has 0 amide bonds.